The van der Waals surface area contributed by atoms with Gasteiger partial charge in [0.15, 0.2) is 12.6 Å². The van der Waals surface area contributed by atoms with Crippen molar-refractivity contribution in [3.63, 3.8) is 0 Å². The average molecular weight is 326 g/mol. The third-order valence-electron chi connectivity index (χ3n) is 3.86. The fourth-order valence-corrected chi connectivity index (χ4v) is 2.70. The van der Waals surface area contributed by atoms with Crippen LogP contribution < -0.4 is 11.5 Å². The number of nitrogens with two attached hydrogens (primary N) is 2. The zero-order valence-corrected chi connectivity index (χ0v) is 12.5. The minimum absolute atomic E-state index is 0.000186. The standard InChI is InChI=1S/C15H22N2O6/c16-10(17)7-21-15-12(19)11(18)13-9(22-15)6-20-14(23-13)8-4-2-1-3-5-8/h1-5,9-15,18-19H,6-7,16-17H2. The number of fused-ring (bicyclic) bond motifs is 1. The van der Waals surface area contributed by atoms with Crippen molar-refractivity contribution in [3.8, 4) is 0 Å². The number of benzene rings is 1. The van der Waals surface area contributed by atoms with Gasteiger partial charge in [-0.1, -0.05) is 30.3 Å². The summed E-state index contributed by atoms with van der Waals surface area (Å²) in [5.41, 5.74) is 11.6. The number of aliphatic hydroxyl groups excluding tert-OH is 2. The Morgan fingerprint density at radius 2 is 1.87 bits per heavy atom. The van der Waals surface area contributed by atoms with Crippen molar-refractivity contribution in [2.75, 3.05) is 13.2 Å². The first kappa shape index (κ1) is 16.7. The highest BCUT2D eigenvalue weighted by Crippen LogP contribution is 2.34. The number of ether oxygens (including phenoxy) is 4. The maximum absolute atomic E-state index is 10.3. The smallest absolute Gasteiger partial charge is 0.186 e. The van der Waals surface area contributed by atoms with E-state index in [2.05, 4.69) is 0 Å². The molecule has 0 radical (unpaired) electrons. The Balaban J connectivity index is 1.65. The molecule has 0 saturated carbocycles. The van der Waals surface area contributed by atoms with Gasteiger partial charge < -0.3 is 40.6 Å². The molecule has 0 bridgehead atoms. The fourth-order valence-electron chi connectivity index (χ4n) is 2.70. The summed E-state index contributed by atoms with van der Waals surface area (Å²) in [6.07, 6.45) is -6.02. The lowest BCUT2D eigenvalue weighted by molar-refractivity contribution is -0.361. The summed E-state index contributed by atoms with van der Waals surface area (Å²) in [4.78, 5) is 0. The van der Waals surface area contributed by atoms with E-state index in [1.165, 1.54) is 0 Å². The first-order chi connectivity index (χ1) is 11.1. The fraction of sp³-hybridized carbons (Fsp3) is 0.600. The van der Waals surface area contributed by atoms with Gasteiger partial charge >= 0.3 is 0 Å². The van der Waals surface area contributed by atoms with Crippen LogP contribution in [-0.2, 0) is 18.9 Å². The molecule has 8 heteroatoms. The van der Waals surface area contributed by atoms with Crippen LogP contribution in [0.2, 0.25) is 0 Å². The van der Waals surface area contributed by atoms with Gasteiger partial charge in [0.05, 0.1) is 19.4 Å². The van der Waals surface area contributed by atoms with E-state index >= 15 is 0 Å². The summed E-state index contributed by atoms with van der Waals surface area (Å²) in [5, 5.41) is 20.5. The van der Waals surface area contributed by atoms with Crippen LogP contribution in [0.25, 0.3) is 0 Å². The Kier molecular flexibility index (Phi) is 5.24. The van der Waals surface area contributed by atoms with E-state index in [1.807, 2.05) is 30.3 Å². The number of rotatable bonds is 4. The van der Waals surface area contributed by atoms with Gasteiger partial charge in [0.25, 0.3) is 0 Å². The van der Waals surface area contributed by atoms with Crippen molar-refractivity contribution in [1.82, 2.24) is 0 Å². The molecule has 8 nitrogen and oxygen atoms in total. The van der Waals surface area contributed by atoms with Crippen molar-refractivity contribution in [1.29, 1.82) is 0 Å². The molecule has 6 unspecified atom stereocenters. The Morgan fingerprint density at radius 1 is 1.13 bits per heavy atom. The molecule has 0 aromatic heterocycles. The van der Waals surface area contributed by atoms with Crippen molar-refractivity contribution >= 4 is 0 Å². The second-order valence-electron chi connectivity index (χ2n) is 5.70. The number of hydrogen-bond donors (Lipinski definition) is 4. The zero-order chi connectivity index (χ0) is 16.4. The van der Waals surface area contributed by atoms with Gasteiger partial charge in [0.2, 0.25) is 0 Å². The van der Waals surface area contributed by atoms with Gasteiger partial charge in [-0.25, -0.2) is 0 Å². The van der Waals surface area contributed by atoms with Crippen LogP contribution in [0.5, 0.6) is 0 Å². The van der Waals surface area contributed by atoms with E-state index in [0.29, 0.717) is 0 Å². The molecule has 2 aliphatic heterocycles. The Morgan fingerprint density at radius 3 is 2.57 bits per heavy atom. The maximum Gasteiger partial charge on any atom is 0.186 e. The topological polar surface area (TPSA) is 129 Å². The normalized spacial score (nSPS) is 37.6. The van der Waals surface area contributed by atoms with Gasteiger partial charge in [-0.15, -0.1) is 0 Å². The Labute approximate surface area is 133 Å². The number of aliphatic hydroxyl groups is 2. The lowest BCUT2D eigenvalue weighted by Crippen LogP contribution is -2.62. The molecular weight excluding hydrogens is 304 g/mol. The molecule has 2 aliphatic rings. The molecule has 0 amide bonds. The summed E-state index contributed by atoms with van der Waals surface area (Å²) < 4.78 is 22.3. The molecular formula is C15H22N2O6. The lowest BCUT2D eigenvalue weighted by atomic mass is 9.98. The van der Waals surface area contributed by atoms with E-state index in [9.17, 15) is 10.2 Å². The summed E-state index contributed by atoms with van der Waals surface area (Å²) >= 11 is 0. The van der Waals surface area contributed by atoms with Crippen molar-refractivity contribution < 1.29 is 29.2 Å². The molecule has 3 rings (SSSR count). The SMILES string of the molecule is NC(N)COC1OC2COC(c3ccccc3)OC2C(O)C1O. The van der Waals surface area contributed by atoms with E-state index in [1.54, 1.807) is 0 Å². The van der Waals surface area contributed by atoms with Crippen LogP contribution in [0.1, 0.15) is 11.9 Å². The second kappa shape index (κ2) is 7.20. The van der Waals surface area contributed by atoms with E-state index < -0.39 is 43.2 Å². The molecule has 23 heavy (non-hydrogen) atoms. The largest absolute Gasteiger partial charge is 0.387 e. The second-order valence-corrected chi connectivity index (χ2v) is 5.70. The van der Waals surface area contributed by atoms with Crippen molar-refractivity contribution in [2.24, 2.45) is 11.5 Å². The maximum atomic E-state index is 10.3. The molecule has 2 heterocycles. The first-order valence-corrected chi connectivity index (χ1v) is 7.52. The highest BCUT2D eigenvalue weighted by atomic mass is 16.8. The van der Waals surface area contributed by atoms with E-state index in [-0.39, 0.29) is 13.2 Å². The van der Waals surface area contributed by atoms with Gasteiger partial charge in [-0.3, -0.25) is 0 Å². The van der Waals surface area contributed by atoms with Gasteiger partial charge in [-0.05, 0) is 0 Å². The molecule has 1 aromatic carbocycles. The molecule has 0 aliphatic carbocycles. The van der Waals surface area contributed by atoms with Crippen LogP contribution in [0.3, 0.4) is 0 Å². The predicted molar refractivity (Wildman–Crippen MR) is 78.8 cm³/mol. The van der Waals surface area contributed by atoms with Gasteiger partial charge in [0.1, 0.15) is 24.4 Å². The lowest BCUT2D eigenvalue weighted by Gasteiger charge is -2.46. The van der Waals surface area contributed by atoms with Crippen LogP contribution in [0.4, 0.5) is 0 Å². The summed E-state index contributed by atoms with van der Waals surface area (Å²) in [5.74, 6) is 0. The highest BCUT2D eigenvalue weighted by molar-refractivity contribution is 5.16. The summed E-state index contributed by atoms with van der Waals surface area (Å²) in [7, 11) is 0. The van der Waals surface area contributed by atoms with Crippen LogP contribution in [0, 0.1) is 0 Å². The minimum Gasteiger partial charge on any atom is -0.387 e. The third-order valence-corrected chi connectivity index (χ3v) is 3.86. The van der Waals surface area contributed by atoms with Crippen molar-refractivity contribution in [3.05, 3.63) is 35.9 Å². The molecule has 2 fully saturated rings. The summed E-state index contributed by atoms with van der Waals surface area (Å²) in [6, 6.07) is 9.37. The Bertz CT molecular complexity index is 500. The van der Waals surface area contributed by atoms with Gasteiger partial charge in [0, 0.05) is 5.56 Å². The van der Waals surface area contributed by atoms with E-state index in [0.717, 1.165) is 5.56 Å². The Hall–Kier alpha value is -1.10. The molecule has 1 aromatic rings. The highest BCUT2D eigenvalue weighted by Gasteiger charge is 2.49. The molecule has 0 spiro atoms. The summed E-state index contributed by atoms with van der Waals surface area (Å²) in [6.45, 7) is 0.211. The van der Waals surface area contributed by atoms with Crippen LogP contribution in [-0.4, -0.2) is 60.3 Å². The molecule has 6 atom stereocenters. The monoisotopic (exact) mass is 326 g/mol. The minimum atomic E-state index is -1.26. The molecule has 2 saturated heterocycles. The zero-order valence-electron chi connectivity index (χ0n) is 12.5. The molecule has 128 valence electrons. The first-order valence-electron chi connectivity index (χ1n) is 7.52. The van der Waals surface area contributed by atoms with Crippen LogP contribution >= 0.6 is 0 Å². The number of hydrogen-bond acceptors (Lipinski definition) is 8. The van der Waals surface area contributed by atoms with Crippen LogP contribution in [0.15, 0.2) is 30.3 Å². The third kappa shape index (κ3) is 3.70. The van der Waals surface area contributed by atoms with Crippen molar-refractivity contribution in [2.45, 2.75) is 43.2 Å². The average Bonchev–Trinajstić information content (AvgIpc) is 2.57. The predicted octanol–water partition coefficient (Wildman–Crippen LogP) is -1.19. The quantitative estimate of drug-likeness (QED) is 0.508. The van der Waals surface area contributed by atoms with Gasteiger partial charge in [-0.2, -0.15) is 0 Å². The van der Waals surface area contributed by atoms with E-state index in [4.69, 9.17) is 30.4 Å². The molecule has 6 N–H and O–H groups in total.